The fourth-order valence-electron chi connectivity index (χ4n) is 1.70. The van der Waals surface area contributed by atoms with Crippen LogP contribution in [-0.4, -0.2) is 27.2 Å². The predicted molar refractivity (Wildman–Crippen MR) is 76.1 cm³/mol. The summed E-state index contributed by atoms with van der Waals surface area (Å²) in [6, 6.07) is 3.47. The first-order chi connectivity index (χ1) is 9.60. The molecule has 3 N–H and O–H groups in total. The van der Waals surface area contributed by atoms with Crippen LogP contribution in [0.4, 0.5) is 5.82 Å². The van der Waals surface area contributed by atoms with Crippen LogP contribution in [0.1, 0.15) is 21.6 Å². The number of anilines is 1. The van der Waals surface area contributed by atoms with Gasteiger partial charge in [0, 0.05) is 31.1 Å². The first-order valence-corrected chi connectivity index (χ1v) is 6.06. The summed E-state index contributed by atoms with van der Waals surface area (Å²) in [6.07, 6.45) is 3.08. The lowest BCUT2D eigenvalue weighted by molar-refractivity contribution is 0.102. The minimum Gasteiger partial charge on any atom is -0.320 e. The SMILES string of the molecule is Cc1cc(NC(=O)c2cncc(C#CCN)c2)n(C)n1. The summed E-state index contributed by atoms with van der Waals surface area (Å²) in [5.41, 5.74) is 7.24. The molecule has 6 nitrogen and oxygen atoms in total. The quantitative estimate of drug-likeness (QED) is 0.785. The molecule has 0 aliphatic carbocycles. The highest BCUT2D eigenvalue weighted by atomic mass is 16.1. The normalized spacial score (nSPS) is 9.75. The van der Waals surface area contributed by atoms with E-state index in [4.69, 9.17) is 5.73 Å². The van der Waals surface area contributed by atoms with Gasteiger partial charge in [0.2, 0.25) is 0 Å². The molecule has 0 aliphatic heterocycles. The molecule has 1 amide bonds. The van der Waals surface area contributed by atoms with Crippen molar-refractivity contribution in [3.05, 3.63) is 41.3 Å². The van der Waals surface area contributed by atoms with Crippen LogP contribution < -0.4 is 11.1 Å². The van der Waals surface area contributed by atoms with Gasteiger partial charge in [0.25, 0.3) is 5.91 Å². The maximum absolute atomic E-state index is 12.1. The van der Waals surface area contributed by atoms with Crippen molar-refractivity contribution in [2.45, 2.75) is 6.92 Å². The second kappa shape index (κ2) is 5.99. The minimum atomic E-state index is -0.253. The molecule has 20 heavy (non-hydrogen) atoms. The summed E-state index contributed by atoms with van der Waals surface area (Å²) in [6.45, 7) is 2.13. The number of aromatic nitrogens is 3. The molecule has 0 unspecified atom stereocenters. The van der Waals surface area contributed by atoms with Crippen molar-refractivity contribution in [1.82, 2.24) is 14.8 Å². The largest absolute Gasteiger partial charge is 0.320 e. The monoisotopic (exact) mass is 269 g/mol. The molecule has 0 aliphatic rings. The molecule has 0 saturated heterocycles. The molecule has 2 aromatic heterocycles. The second-order valence-electron chi connectivity index (χ2n) is 4.22. The fourth-order valence-corrected chi connectivity index (χ4v) is 1.70. The molecule has 2 rings (SSSR count). The molecule has 2 heterocycles. The number of carbonyl (C=O) groups is 1. The summed E-state index contributed by atoms with van der Waals surface area (Å²) in [7, 11) is 1.77. The van der Waals surface area contributed by atoms with E-state index in [0.717, 1.165) is 5.69 Å². The van der Waals surface area contributed by atoms with E-state index in [9.17, 15) is 4.79 Å². The van der Waals surface area contributed by atoms with Gasteiger partial charge in [-0.05, 0) is 13.0 Å². The molecule has 2 aromatic rings. The maximum Gasteiger partial charge on any atom is 0.258 e. The van der Waals surface area contributed by atoms with Crippen LogP contribution in [0.15, 0.2) is 24.5 Å². The molecule has 6 heteroatoms. The van der Waals surface area contributed by atoms with E-state index in [0.29, 0.717) is 16.9 Å². The molecule has 0 bridgehead atoms. The van der Waals surface area contributed by atoms with Crippen LogP contribution in [0.2, 0.25) is 0 Å². The zero-order valence-electron chi connectivity index (χ0n) is 11.3. The first kappa shape index (κ1) is 13.8. The van der Waals surface area contributed by atoms with Crippen LogP contribution in [0.25, 0.3) is 0 Å². The molecule has 0 atom stereocenters. The summed E-state index contributed by atoms with van der Waals surface area (Å²) in [5, 5.41) is 6.95. The second-order valence-corrected chi connectivity index (χ2v) is 4.22. The highest BCUT2D eigenvalue weighted by Crippen LogP contribution is 2.10. The van der Waals surface area contributed by atoms with Gasteiger partial charge in [0.1, 0.15) is 5.82 Å². The van der Waals surface area contributed by atoms with Crippen LogP contribution in [0.3, 0.4) is 0 Å². The van der Waals surface area contributed by atoms with Gasteiger partial charge in [0.15, 0.2) is 0 Å². The Morgan fingerprint density at radius 3 is 2.90 bits per heavy atom. The number of amides is 1. The Hall–Kier alpha value is -2.65. The van der Waals surface area contributed by atoms with E-state index < -0.39 is 0 Å². The van der Waals surface area contributed by atoms with Crippen molar-refractivity contribution in [1.29, 1.82) is 0 Å². The number of nitrogens with zero attached hydrogens (tertiary/aromatic N) is 3. The molecule has 0 fully saturated rings. The Labute approximate surface area is 117 Å². The van der Waals surface area contributed by atoms with E-state index in [-0.39, 0.29) is 12.5 Å². The number of hydrogen-bond donors (Lipinski definition) is 2. The number of pyridine rings is 1. The minimum absolute atomic E-state index is 0.253. The van der Waals surface area contributed by atoms with Gasteiger partial charge >= 0.3 is 0 Å². The molecule has 0 aromatic carbocycles. The van der Waals surface area contributed by atoms with E-state index >= 15 is 0 Å². The van der Waals surface area contributed by atoms with Gasteiger partial charge in [-0.2, -0.15) is 5.10 Å². The van der Waals surface area contributed by atoms with Gasteiger partial charge in [0.05, 0.1) is 17.8 Å². The predicted octanol–water partition coefficient (Wildman–Crippen LogP) is 0.686. The Balaban J connectivity index is 2.19. The Bertz CT molecular complexity index is 693. The van der Waals surface area contributed by atoms with Crippen molar-refractivity contribution in [2.75, 3.05) is 11.9 Å². The standard InChI is InChI=1S/C14H15N5O/c1-10-6-13(19(2)18-10)17-14(20)12-7-11(4-3-5-15)8-16-9-12/h6-9H,5,15H2,1-2H3,(H,17,20). The average Bonchev–Trinajstić information content (AvgIpc) is 2.75. The average molecular weight is 269 g/mol. The van der Waals surface area contributed by atoms with E-state index in [1.165, 1.54) is 6.20 Å². The van der Waals surface area contributed by atoms with Crippen molar-refractivity contribution in [3.63, 3.8) is 0 Å². The van der Waals surface area contributed by atoms with Crippen molar-refractivity contribution in [3.8, 4) is 11.8 Å². The third-order valence-corrected chi connectivity index (χ3v) is 2.58. The highest BCUT2D eigenvalue weighted by molar-refractivity contribution is 6.03. The first-order valence-electron chi connectivity index (χ1n) is 6.06. The van der Waals surface area contributed by atoms with Crippen LogP contribution >= 0.6 is 0 Å². The molecular weight excluding hydrogens is 254 g/mol. The molecule has 0 radical (unpaired) electrons. The van der Waals surface area contributed by atoms with Gasteiger partial charge in [-0.15, -0.1) is 0 Å². The number of nitrogens with one attached hydrogen (secondary N) is 1. The van der Waals surface area contributed by atoms with Gasteiger partial charge < -0.3 is 11.1 Å². The summed E-state index contributed by atoms with van der Waals surface area (Å²) < 4.78 is 1.61. The van der Waals surface area contributed by atoms with Crippen LogP contribution in [0, 0.1) is 18.8 Å². The summed E-state index contributed by atoms with van der Waals surface area (Å²) in [4.78, 5) is 16.1. The van der Waals surface area contributed by atoms with Gasteiger partial charge in [-0.1, -0.05) is 11.8 Å². The number of carbonyl (C=O) groups excluding carboxylic acids is 1. The number of aryl methyl sites for hydroxylation is 2. The van der Waals surface area contributed by atoms with Crippen molar-refractivity contribution >= 4 is 11.7 Å². The molecule has 0 saturated carbocycles. The van der Waals surface area contributed by atoms with Gasteiger partial charge in [-0.3, -0.25) is 14.5 Å². The maximum atomic E-state index is 12.1. The van der Waals surface area contributed by atoms with Crippen molar-refractivity contribution < 1.29 is 4.79 Å². The van der Waals surface area contributed by atoms with Crippen LogP contribution in [-0.2, 0) is 7.05 Å². The Kier molecular flexibility index (Phi) is 4.13. The molecule has 102 valence electrons. The number of hydrogen-bond acceptors (Lipinski definition) is 4. The number of rotatable bonds is 2. The van der Waals surface area contributed by atoms with E-state index in [2.05, 4.69) is 27.2 Å². The zero-order valence-corrected chi connectivity index (χ0v) is 11.3. The van der Waals surface area contributed by atoms with E-state index in [1.54, 1.807) is 30.1 Å². The topological polar surface area (TPSA) is 85.8 Å². The highest BCUT2D eigenvalue weighted by Gasteiger charge is 2.10. The summed E-state index contributed by atoms with van der Waals surface area (Å²) >= 11 is 0. The van der Waals surface area contributed by atoms with Gasteiger partial charge in [-0.25, -0.2) is 0 Å². The lowest BCUT2D eigenvalue weighted by Crippen LogP contribution is -2.15. The molecule has 0 spiro atoms. The number of nitrogens with two attached hydrogens (primary N) is 1. The van der Waals surface area contributed by atoms with Crippen molar-refractivity contribution in [2.24, 2.45) is 12.8 Å². The smallest absolute Gasteiger partial charge is 0.258 e. The Morgan fingerprint density at radius 2 is 2.25 bits per heavy atom. The Morgan fingerprint density at radius 1 is 1.45 bits per heavy atom. The third-order valence-electron chi connectivity index (χ3n) is 2.58. The summed E-state index contributed by atoms with van der Waals surface area (Å²) in [5.74, 6) is 5.95. The van der Waals surface area contributed by atoms with E-state index in [1.807, 2.05) is 6.92 Å². The third kappa shape index (κ3) is 3.22. The zero-order chi connectivity index (χ0) is 14.5. The lowest BCUT2D eigenvalue weighted by Gasteiger charge is -2.05. The lowest BCUT2D eigenvalue weighted by atomic mass is 10.2. The fraction of sp³-hybridized carbons (Fsp3) is 0.214. The van der Waals surface area contributed by atoms with Crippen LogP contribution in [0.5, 0.6) is 0 Å². The molecular formula is C14H15N5O.